The second-order valence-corrected chi connectivity index (χ2v) is 4.27. The molecule has 0 saturated carbocycles. The third-order valence-electron chi connectivity index (χ3n) is 3.08. The van der Waals surface area contributed by atoms with Gasteiger partial charge in [0.15, 0.2) is 0 Å². The number of fused-ring (bicyclic) bond motifs is 1. The smallest absolute Gasteiger partial charge is 0.0456 e. The summed E-state index contributed by atoms with van der Waals surface area (Å²) >= 11 is 0. The molecule has 3 aromatic rings. The topological polar surface area (TPSA) is 40.7 Å². The van der Waals surface area contributed by atoms with Crippen LogP contribution in [0.5, 0.6) is 0 Å². The molecule has 0 aliphatic carbocycles. The third-order valence-corrected chi connectivity index (χ3v) is 3.08. The lowest BCUT2D eigenvalue weighted by atomic mass is 10.1. The molecule has 0 unspecified atom stereocenters. The lowest BCUT2D eigenvalue weighted by Crippen LogP contribution is -2.04. The van der Waals surface area contributed by atoms with Crippen molar-refractivity contribution in [3.63, 3.8) is 0 Å². The fraction of sp³-hybridized carbons (Fsp3) is 0.133. The van der Waals surface area contributed by atoms with Gasteiger partial charge >= 0.3 is 0 Å². The van der Waals surface area contributed by atoms with Crippen LogP contribution < -0.4 is 5.32 Å². The third kappa shape index (κ3) is 2.20. The second kappa shape index (κ2) is 4.92. The summed E-state index contributed by atoms with van der Waals surface area (Å²) in [6, 6.07) is 12.4. The number of pyridine rings is 1. The predicted molar refractivity (Wildman–Crippen MR) is 74.7 cm³/mol. The zero-order valence-corrected chi connectivity index (χ0v) is 10.1. The SMILES string of the molecule is c1ccc2c(CCNc3ccncc3)c[nH]c2c1. The molecule has 2 aromatic heterocycles. The number of benzene rings is 1. The highest BCUT2D eigenvalue weighted by atomic mass is 14.9. The van der Waals surface area contributed by atoms with Crippen LogP contribution in [0.1, 0.15) is 5.56 Å². The number of rotatable bonds is 4. The summed E-state index contributed by atoms with van der Waals surface area (Å²) in [6.45, 7) is 0.922. The van der Waals surface area contributed by atoms with E-state index < -0.39 is 0 Å². The van der Waals surface area contributed by atoms with Gasteiger partial charge in [-0.05, 0) is 30.2 Å². The van der Waals surface area contributed by atoms with Crippen molar-refractivity contribution in [1.82, 2.24) is 9.97 Å². The first-order valence-corrected chi connectivity index (χ1v) is 6.12. The fourth-order valence-electron chi connectivity index (χ4n) is 2.15. The van der Waals surface area contributed by atoms with Gasteiger partial charge in [0.25, 0.3) is 0 Å². The molecule has 3 nitrogen and oxygen atoms in total. The van der Waals surface area contributed by atoms with E-state index in [4.69, 9.17) is 0 Å². The van der Waals surface area contributed by atoms with Gasteiger partial charge in [-0.2, -0.15) is 0 Å². The van der Waals surface area contributed by atoms with Gasteiger partial charge in [0.05, 0.1) is 0 Å². The van der Waals surface area contributed by atoms with Crippen molar-refractivity contribution < 1.29 is 0 Å². The summed E-state index contributed by atoms with van der Waals surface area (Å²) < 4.78 is 0. The molecule has 90 valence electrons. The molecule has 0 saturated heterocycles. The van der Waals surface area contributed by atoms with Crippen molar-refractivity contribution in [2.75, 3.05) is 11.9 Å². The van der Waals surface area contributed by atoms with Gasteiger partial charge in [-0.25, -0.2) is 0 Å². The summed E-state index contributed by atoms with van der Waals surface area (Å²) in [5.74, 6) is 0. The van der Waals surface area contributed by atoms with E-state index in [-0.39, 0.29) is 0 Å². The summed E-state index contributed by atoms with van der Waals surface area (Å²) in [4.78, 5) is 7.30. The molecule has 0 atom stereocenters. The Morgan fingerprint density at radius 1 is 1.06 bits per heavy atom. The lowest BCUT2D eigenvalue weighted by molar-refractivity contribution is 1.03. The van der Waals surface area contributed by atoms with Crippen LogP contribution in [-0.2, 0) is 6.42 Å². The lowest BCUT2D eigenvalue weighted by Gasteiger charge is -2.04. The number of H-pyrrole nitrogens is 1. The predicted octanol–water partition coefficient (Wildman–Crippen LogP) is 3.22. The summed E-state index contributed by atoms with van der Waals surface area (Å²) in [5, 5.41) is 4.71. The van der Waals surface area contributed by atoms with E-state index in [1.54, 1.807) is 12.4 Å². The Balaban J connectivity index is 1.67. The zero-order valence-electron chi connectivity index (χ0n) is 10.1. The number of hydrogen-bond donors (Lipinski definition) is 2. The molecule has 0 radical (unpaired) electrons. The van der Waals surface area contributed by atoms with E-state index in [1.807, 2.05) is 12.1 Å². The van der Waals surface area contributed by atoms with Gasteiger partial charge in [-0.3, -0.25) is 4.98 Å². The Morgan fingerprint density at radius 3 is 2.78 bits per heavy atom. The molecular weight excluding hydrogens is 222 g/mol. The van der Waals surface area contributed by atoms with E-state index in [9.17, 15) is 0 Å². The normalized spacial score (nSPS) is 10.7. The molecule has 0 bridgehead atoms. The summed E-state index contributed by atoms with van der Waals surface area (Å²) in [5.41, 5.74) is 3.67. The Bertz CT molecular complexity index is 628. The standard InChI is InChI=1S/C15H15N3/c1-2-4-15-14(3-1)12(11-18-15)5-10-17-13-6-8-16-9-7-13/h1-4,6-9,11,18H,5,10H2,(H,16,17). The molecular formula is C15H15N3. The molecule has 3 rings (SSSR count). The maximum Gasteiger partial charge on any atom is 0.0456 e. The van der Waals surface area contributed by atoms with Crippen molar-refractivity contribution in [3.8, 4) is 0 Å². The number of nitrogens with zero attached hydrogens (tertiary/aromatic N) is 1. The maximum atomic E-state index is 4.00. The minimum atomic E-state index is 0.922. The van der Waals surface area contributed by atoms with Gasteiger partial charge in [0, 0.05) is 41.7 Å². The highest BCUT2D eigenvalue weighted by Crippen LogP contribution is 2.18. The summed E-state index contributed by atoms with van der Waals surface area (Å²) in [6.07, 6.45) is 6.70. The fourth-order valence-corrected chi connectivity index (χ4v) is 2.15. The Labute approximate surface area is 106 Å². The average molecular weight is 237 g/mol. The van der Waals surface area contributed by atoms with Gasteiger partial charge < -0.3 is 10.3 Å². The van der Waals surface area contributed by atoms with Crippen LogP contribution in [0.25, 0.3) is 10.9 Å². The van der Waals surface area contributed by atoms with E-state index in [2.05, 4.69) is 45.7 Å². The Hall–Kier alpha value is -2.29. The number of anilines is 1. The zero-order chi connectivity index (χ0) is 12.2. The minimum absolute atomic E-state index is 0.922. The van der Waals surface area contributed by atoms with E-state index in [0.717, 1.165) is 18.7 Å². The number of aromatic amines is 1. The Morgan fingerprint density at radius 2 is 1.89 bits per heavy atom. The number of aromatic nitrogens is 2. The average Bonchev–Trinajstić information content (AvgIpc) is 2.84. The molecule has 1 aromatic carbocycles. The molecule has 18 heavy (non-hydrogen) atoms. The van der Waals surface area contributed by atoms with Crippen LogP contribution >= 0.6 is 0 Å². The van der Waals surface area contributed by atoms with Crippen LogP contribution in [0.3, 0.4) is 0 Å². The maximum absolute atomic E-state index is 4.00. The minimum Gasteiger partial charge on any atom is -0.385 e. The van der Waals surface area contributed by atoms with Crippen molar-refractivity contribution in [2.45, 2.75) is 6.42 Å². The van der Waals surface area contributed by atoms with E-state index in [1.165, 1.54) is 16.5 Å². The summed E-state index contributed by atoms with van der Waals surface area (Å²) in [7, 11) is 0. The van der Waals surface area contributed by atoms with E-state index >= 15 is 0 Å². The molecule has 3 heteroatoms. The van der Waals surface area contributed by atoms with Gasteiger partial charge in [-0.15, -0.1) is 0 Å². The van der Waals surface area contributed by atoms with Gasteiger partial charge in [0.1, 0.15) is 0 Å². The first-order valence-electron chi connectivity index (χ1n) is 6.12. The molecule has 0 amide bonds. The number of nitrogens with one attached hydrogen (secondary N) is 2. The first kappa shape index (κ1) is 10.8. The highest BCUT2D eigenvalue weighted by Gasteiger charge is 2.01. The van der Waals surface area contributed by atoms with Crippen molar-refractivity contribution in [1.29, 1.82) is 0 Å². The quantitative estimate of drug-likeness (QED) is 0.731. The van der Waals surface area contributed by atoms with Crippen molar-refractivity contribution in [3.05, 3.63) is 60.6 Å². The van der Waals surface area contributed by atoms with E-state index in [0.29, 0.717) is 0 Å². The van der Waals surface area contributed by atoms with Crippen LogP contribution in [0.15, 0.2) is 55.0 Å². The number of para-hydroxylation sites is 1. The van der Waals surface area contributed by atoms with Gasteiger partial charge in [0.2, 0.25) is 0 Å². The molecule has 0 aliphatic heterocycles. The largest absolute Gasteiger partial charge is 0.385 e. The van der Waals surface area contributed by atoms with Crippen LogP contribution in [0.4, 0.5) is 5.69 Å². The molecule has 0 spiro atoms. The Kier molecular flexibility index (Phi) is 2.96. The highest BCUT2D eigenvalue weighted by molar-refractivity contribution is 5.83. The van der Waals surface area contributed by atoms with Crippen molar-refractivity contribution >= 4 is 16.6 Å². The van der Waals surface area contributed by atoms with Gasteiger partial charge in [-0.1, -0.05) is 18.2 Å². The molecule has 2 N–H and O–H groups in total. The molecule has 0 fully saturated rings. The second-order valence-electron chi connectivity index (χ2n) is 4.27. The first-order chi connectivity index (χ1) is 8.93. The molecule has 2 heterocycles. The van der Waals surface area contributed by atoms with Crippen LogP contribution in [-0.4, -0.2) is 16.5 Å². The monoisotopic (exact) mass is 237 g/mol. The molecule has 0 aliphatic rings. The van der Waals surface area contributed by atoms with Crippen molar-refractivity contribution in [2.24, 2.45) is 0 Å². The van der Waals surface area contributed by atoms with Crippen LogP contribution in [0.2, 0.25) is 0 Å². The van der Waals surface area contributed by atoms with Crippen LogP contribution in [0, 0.1) is 0 Å². The number of hydrogen-bond acceptors (Lipinski definition) is 2.